The quantitative estimate of drug-likeness (QED) is 0.750. The summed E-state index contributed by atoms with van der Waals surface area (Å²) >= 11 is 0. The van der Waals surface area contributed by atoms with E-state index in [0.717, 1.165) is 5.56 Å². The van der Waals surface area contributed by atoms with Crippen LogP contribution in [0, 0.1) is 0 Å². The molecule has 5 nitrogen and oxygen atoms in total. The largest absolute Gasteiger partial charge is 0.389 e. The number of aliphatic hydroxyl groups is 1. The SMILES string of the molecule is CCOC(C)(C)CNC(=O)Nc1ccc(C(C)O)cc1. The van der Waals surface area contributed by atoms with Crippen LogP contribution in [0.5, 0.6) is 0 Å². The molecule has 1 aromatic carbocycles. The number of hydrogen-bond donors (Lipinski definition) is 3. The Balaban J connectivity index is 2.46. The normalized spacial score (nSPS) is 12.8. The van der Waals surface area contributed by atoms with Crippen molar-refractivity contribution in [2.45, 2.75) is 39.4 Å². The van der Waals surface area contributed by atoms with Crippen molar-refractivity contribution in [1.29, 1.82) is 0 Å². The molecule has 112 valence electrons. The molecule has 0 spiro atoms. The van der Waals surface area contributed by atoms with Crippen LogP contribution < -0.4 is 10.6 Å². The van der Waals surface area contributed by atoms with E-state index >= 15 is 0 Å². The average Bonchev–Trinajstić information content (AvgIpc) is 2.37. The molecule has 0 saturated carbocycles. The summed E-state index contributed by atoms with van der Waals surface area (Å²) < 4.78 is 5.50. The maximum Gasteiger partial charge on any atom is 0.319 e. The summed E-state index contributed by atoms with van der Waals surface area (Å²) in [6.07, 6.45) is -0.509. The van der Waals surface area contributed by atoms with Crippen LogP contribution in [0.2, 0.25) is 0 Å². The van der Waals surface area contributed by atoms with E-state index in [0.29, 0.717) is 18.8 Å². The van der Waals surface area contributed by atoms with E-state index in [-0.39, 0.29) is 11.6 Å². The maximum absolute atomic E-state index is 11.8. The Kier molecular flexibility index (Phi) is 5.98. The van der Waals surface area contributed by atoms with Crippen molar-refractivity contribution in [1.82, 2.24) is 5.32 Å². The molecule has 0 bridgehead atoms. The number of nitrogens with one attached hydrogen (secondary N) is 2. The predicted octanol–water partition coefficient (Wildman–Crippen LogP) is 2.68. The van der Waals surface area contributed by atoms with Crippen molar-refractivity contribution in [2.24, 2.45) is 0 Å². The molecule has 1 atom stereocenters. The molecule has 0 aliphatic heterocycles. The minimum Gasteiger partial charge on any atom is -0.389 e. The standard InChI is InChI=1S/C15H24N2O3/c1-5-20-15(3,4)10-16-14(19)17-13-8-6-12(7-9-13)11(2)18/h6-9,11,18H,5,10H2,1-4H3,(H2,16,17,19). The monoisotopic (exact) mass is 280 g/mol. The van der Waals surface area contributed by atoms with Gasteiger partial charge < -0.3 is 20.5 Å². The van der Waals surface area contributed by atoms with Gasteiger partial charge in [-0.2, -0.15) is 0 Å². The highest BCUT2D eigenvalue weighted by molar-refractivity contribution is 5.89. The molecule has 1 aromatic rings. The first-order chi connectivity index (χ1) is 9.34. The first-order valence-electron chi connectivity index (χ1n) is 6.81. The number of anilines is 1. The van der Waals surface area contributed by atoms with Gasteiger partial charge in [-0.3, -0.25) is 0 Å². The van der Waals surface area contributed by atoms with Crippen molar-refractivity contribution in [2.75, 3.05) is 18.5 Å². The second kappa shape index (κ2) is 7.26. The van der Waals surface area contributed by atoms with Crippen LogP contribution in [0.25, 0.3) is 0 Å². The number of carbonyl (C=O) groups excluding carboxylic acids is 1. The fourth-order valence-corrected chi connectivity index (χ4v) is 1.76. The Labute approximate surface area is 120 Å². The van der Waals surface area contributed by atoms with Gasteiger partial charge in [-0.1, -0.05) is 12.1 Å². The molecule has 2 amide bonds. The molecule has 0 radical (unpaired) electrons. The zero-order valence-corrected chi connectivity index (χ0v) is 12.6. The average molecular weight is 280 g/mol. The van der Waals surface area contributed by atoms with E-state index in [9.17, 15) is 9.90 Å². The zero-order chi connectivity index (χ0) is 15.2. The van der Waals surface area contributed by atoms with Gasteiger partial charge in [0.05, 0.1) is 11.7 Å². The van der Waals surface area contributed by atoms with Gasteiger partial charge >= 0.3 is 6.03 Å². The number of carbonyl (C=O) groups is 1. The summed E-state index contributed by atoms with van der Waals surface area (Å²) in [6.45, 7) is 8.51. The summed E-state index contributed by atoms with van der Waals surface area (Å²) in [5, 5.41) is 14.9. The first-order valence-corrected chi connectivity index (χ1v) is 6.81. The van der Waals surface area contributed by atoms with Gasteiger partial charge in [0.1, 0.15) is 0 Å². The lowest BCUT2D eigenvalue weighted by atomic mass is 10.1. The first kappa shape index (κ1) is 16.5. The van der Waals surface area contributed by atoms with Gasteiger partial charge in [0.15, 0.2) is 0 Å². The lowest BCUT2D eigenvalue weighted by Gasteiger charge is -2.24. The molecule has 0 fully saturated rings. The van der Waals surface area contributed by atoms with Crippen LogP contribution in [0.1, 0.15) is 39.4 Å². The third-order valence-corrected chi connectivity index (χ3v) is 2.86. The molecule has 3 N–H and O–H groups in total. The lowest BCUT2D eigenvalue weighted by Crippen LogP contribution is -2.42. The summed E-state index contributed by atoms with van der Waals surface area (Å²) in [5.74, 6) is 0. The minimum absolute atomic E-state index is 0.275. The Hall–Kier alpha value is -1.59. The number of benzene rings is 1. The van der Waals surface area contributed by atoms with Gasteiger partial charge in [0, 0.05) is 18.8 Å². The van der Waals surface area contributed by atoms with Crippen LogP contribution in [0.15, 0.2) is 24.3 Å². The molecule has 0 aromatic heterocycles. The Morgan fingerprint density at radius 2 is 1.95 bits per heavy atom. The molecule has 0 aliphatic rings. The van der Waals surface area contributed by atoms with E-state index in [2.05, 4.69) is 10.6 Å². The zero-order valence-electron chi connectivity index (χ0n) is 12.6. The highest BCUT2D eigenvalue weighted by atomic mass is 16.5. The highest BCUT2D eigenvalue weighted by Gasteiger charge is 2.18. The molecule has 0 aliphatic carbocycles. The van der Waals surface area contributed by atoms with E-state index in [4.69, 9.17) is 4.74 Å². The van der Waals surface area contributed by atoms with E-state index in [1.807, 2.05) is 20.8 Å². The molecule has 20 heavy (non-hydrogen) atoms. The number of aliphatic hydroxyl groups excluding tert-OH is 1. The smallest absolute Gasteiger partial charge is 0.319 e. The van der Waals surface area contributed by atoms with Crippen LogP contribution >= 0.6 is 0 Å². The van der Waals surface area contributed by atoms with Gasteiger partial charge in [0.25, 0.3) is 0 Å². The number of ether oxygens (including phenoxy) is 1. The van der Waals surface area contributed by atoms with Gasteiger partial charge in [0.2, 0.25) is 0 Å². The van der Waals surface area contributed by atoms with Gasteiger partial charge in [-0.15, -0.1) is 0 Å². The summed E-state index contributed by atoms with van der Waals surface area (Å²) in [4.78, 5) is 11.8. The molecule has 0 saturated heterocycles. The second-order valence-corrected chi connectivity index (χ2v) is 5.30. The van der Waals surface area contributed by atoms with E-state index < -0.39 is 6.10 Å². The van der Waals surface area contributed by atoms with E-state index in [1.54, 1.807) is 31.2 Å². The van der Waals surface area contributed by atoms with Crippen molar-refractivity contribution < 1.29 is 14.6 Å². The number of amides is 2. The Morgan fingerprint density at radius 3 is 2.45 bits per heavy atom. The third-order valence-electron chi connectivity index (χ3n) is 2.86. The molecule has 1 unspecified atom stereocenters. The lowest BCUT2D eigenvalue weighted by molar-refractivity contribution is -0.00662. The molecule has 0 heterocycles. The highest BCUT2D eigenvalue weighted by Crippen LogP contribution is 2.15. The Bertz CT molecular complexity index is 427. The fourth-order valence-electron chi connectivity index (χ4n) is 1.76. The summed E-state index contributed by atoms with van der Waals surface area (Å²) in [6, 6.07) is 6.81. The number of hydrogen-bond acceptors (Lipinski definition) is 3. The maximum atomic E-state index is 11.8. The van der Waals surface area contributed by atoms with Crippen molar-refractivity contribution in [3.63, 3.8) is 0 Å². The van der Waals surface area contributed by atoms with Crippen LogP contribution in [-0.4, -0.2) is 29.9 Å². The molecule has 5 heteroatoms. The van der Waals surface area contributed by atoms with Crippen LogP contribution in [0.3, 0.4) is 0 Å². The topological polar surface area (TPSA) is 70.6 Å². The number of urea groups is 1. The predicted molar refractivity (Wildman–Crippen MR) is 79.8 cm³/mol. The summed E-state index contributed by atoms with van der Waals surface area (Å²) in [7, 11) is 0. The molecular weight excluding hydrogens is 256 g/mol. The van der Waals surface area contributed by atoms with Crippen LogP contribution in [-0.2, 0) is 4.74 Å². The van der Waals surface area contributed by atoms with Crippen molar-refractivity contribution in [3.05, 3.63) is 29.8 Å². The number of rotatable bonds is 6. The fraction of sp³-hybridized carbons (Fsp3) is 0.533. The van der Waals surface area contributed by atoms with Crippen LogP contribution in [0.4, 0.5) is 10.5 Å². The second-order valence-electron chi connectivity index (χ2n) is 5.30. The molecular formula is C15H24N2O3. The van der Waals surface area contributed by atoms with Gasteiger partial charge in [-0.05, 0) is 45.4 Å². The summed E-state index contributed by atoms with van der Waals surface area (Å²) in [5.41, 5.74) is 1.11. The van der Waals surface area contributed by atoms with Crippen molar-refractivity contribution in [3.8, 4) is 0 Å². The van der Waals surface area contributed by atoms with E-state index in [1.165, 1.54) is 0 Å². The molecule has 1 rings (SSSR count). The van der Waals surface area contributed by atoms with Crippen molar-refractivity contribution >= 4 is 11.7 Å². The third kappa shape index (κ3) is 5.59. The Morgan fingerprint density at radius 1 is 1.35 bits per heavy atom. The van der Waals surface area contributed by atoms with Gasteiger partial charge in [-0.25, -0.2) is 4.79 Å². The minimum atomic E-state index is -0.509.